The van der Waals surface area contributed by atoms with E-state index in [1.165, 1.54) is 0 Å². The lowest BCUT2D eigenvalue weighted by Crippen LogP contribution is -2.03. The number of hydrogen-bond acceptors (Lipinski definition) is 3. The first-order valence-corrected chi connectivity index (χ1v) is 9.52. The van der Waals surface area contributed by atoms with Crippen molar-refractivity contribution in [1.29, 1.82) is 0 Å². The van der Waals surface area contributed by atoms with Gasteiger partial charge in [0.25, 0.3) is 0 Å². The largest absolute Gasteiger partial charge is 0.490 e. The minimum Gasteiger partial charge on any atom is -0.490 e. The molecule has 3 aromatic carbocycles. The fourth-order valence-electron chi connectivity index (χ4n) is 2.61. The topological polar surface area (TPSA) is 30.5 Å². The van der Waals surface area contributed by atoms with Gasteiger partial charge in [-0.25, -0.2) is 0 Å². The zero-order chi connectivity index (χ0) is 19.1. The van der Waals surface area contributed by atoms with Crippen molar-refractivity contribution < 1.29 is 9.47 Å². The predicted molar refractivity (Wildman–Crippen MR) is 112 cm³/mol. The Labute approximate surface area is 169 Å². The van der Waals surface area contributed by atoms with Gasteiger partial charge < -0.3 is 14.8 Å². The van der Waals surface area contributed by atoms with Crippen LogP contribution in [0.5, 0.6) is 11.5 Å². The van der Waals surface area contributed by atoms with E-state index in [9.17, 15) is 0 Å². The van der Waals surface area contributed by atoms with Crippen molar-refractivity contribution >= 4 is 28.9 Å². The summed E-state index contributed by atoms with van der Waals surface area (Å²) in [5.41, 5.74) is 3.13. The van der Waals surface area contributed by atoms with Crippen LogP contribution in [-0.4, -0.2) is 6.61 Å². The van der Waals surface area contributed by atoms with Crippen LogP contribution in [0.15, 0.2) is 66.7 Å². The van der Waals surface area contributed by atoms with Crippen LogP contribution in [-0.2, 0) is 13.2 Å². The molecule has 27 heavy (non-hydrogen) atoms. The molecule has 0 aliphatic heterocycles. The van der Waals surface area contributed by atoms with Crippen molar-refractivity contribution in [3.05, 3.63) is 87.9 Å². The first kappa shape index (κ1) is 19.4. The Balaban J connectivity index is 1.67. The highest BCUT2D eigenvalue weighted by Crippen LogP contribution is 2.30. The van der Waals surface area contributed by atoms with Gasteiger partial charge in [0.15, 0.2) is 11.5 Å². The van der Waals surface area contributed by atoms with Gasteiger partial charge in [0.2, 0.25) is 0 Å². The molecule has 3 nitrogen and oxygen atoms in total. The molecule has 0 bridgehead atoms. The van der Waals surface area contributed by atoms with Crippen LogP contribution in [0, 0.1) is 0 Å². The second-order valence-electron chi connectivity index (χ2n) is 5.99. The Kier molecular flexibility index (Phi) is 6.86. The third-order valence-corrected chi connectivity index (χ3v) is 4.42. The molecule has 0 spiro atoms. The Bertz CT molecular complexity index is 882. The molecule has 0 atom stereocenters. The van der Waals surface area contributed by atoms with Gasteiger partial charge in [0, 0.05) is 22.3 Å². The zero-order valence-electron chi connectivity index (χ0n) is 15.0. The summed E-state index contributed by atoms with van der Waals surface area (Å²) in [6.07, 6.45) is 0. The molecule has 140 valence electrons. The molecule has 1 N–H and O–H groups in total. The monoisotopic (exact) mass is 401 g/mol. The first-order valence-electron chi connectivity index (χ1n) is 8.76. The van der Waals surface area contributed by atoms with E-state index in [1.807, 2.05) is 73.7 Å². The smallest absolute Gasteiger partial charge is 0.161 e. The minimum atomic E-state index is 0.434. The number of halogens is 2. The van der Waals surface area contributed by atoms with E-state index in [1.54, 1.807) is 0 Å². The van der Waals surface area contributed by atoms with E-state index in [4.69, 9.17) is 32.7 Å². The van der Waals surface area contributed by atoms with Gasteiger partial charge >= 0.3 is 0 Å². The molecule has 0 fully saturated rings. The molecular formula is C22H21Cl2NO2. The second kappa shape index (κ2) is 9.54. The zero-order valence-corrected chi connectivity index (χ0v) is 16.6. The average molecular weight is 402 g/mol. The molecular weight excluding hydrogens is 381 g/mol. The highest BCUT2D eigenvalue weighted by atomic mass is 35.5. The predicted octanol–water partition coefficient (Wildman–Crippen LogP) is 6.58. The fraction of sp³-hybridized carbons (Fsp3) is 0.182. The second-order valence-corrected chi connectivity index (χ2v) is 6.87. The number of benzene rings is 3. The van der Waals surface area contributed by atoms with Crippen LogP contribution in [0.2, 0.25) is 10.0 Å². The molecule has 0 heterocycles. The maximum absolute atomic E-state index is 6.03. The molecule has 0 aliphatic carbocycles. The summed E-state index contributed by atoms with van der Waals surface area (Å²) in [5.74, 6) is 1.45. The van der Waals surface area contributed by atoms with Crippen molar-refractivity contribution in [3.63, 3.8) is 0 Å². The molecule has 0 unspecified atom stereocenters. The molecule has 3 aromatic rings. The fourth-order valence-corrected chi connectivity index (χ4v) is 2.95. The number of rotatable bonds is 8. The molecule has 3 rings (SSSR count). The SMILES string of the molecule is CCOc1cc(CNc2ccc(Cl)cc2)ccc1OCc1cccc(Cl)c1. The van der Waals surface area contributed by atoms with Crippen LogP contribution in [0.4, 0.5) is 5.69 Å². The van der Waals surface area contributed by atoms with Crippen LogP contribution < -0.4 is 14.8 Å². The minimum absolute atomic E-state index is 0.434. The van der Waals surface area contributed by atoms with Gasteiger partial charge in [-0.3, -0.25) is 0 Å². The van der Waals surface area contributed by atoms with Gasteiger partial charge in [0.05, 0.1) is 6.61 Å². The Hall–Kier alpha value is -2.36. The highest BCUT2D eigenvalue weighted by Gasteiger charge is 2.08. The summed E-state index contributed by atoms with van der Waals surface area (Å²) in [7, 11) is 0. The van der Waals surface area contributed by atoms with Gasteiger partial charge in [-0.2, -0.15) is 0 Å². The van der Waals surface area contributed by atoms with Crippen LogP contribution in [0.1, 0.15) is 18.1 Å². The van der Waals surface area contributed by atoms with Gasteiger partial charge in [-0.05, 0) is 66.6 Å². The lowest BCUT2D eigenvalue weighted by Gasteiger charge is -2.14. The maximum atomic E-state index is 6.03. The van der Waals surface area contributed by atoms with Crippen LogP contribution >= 0.6 is 23.2 Å². The average Bonchev–Trinajstić information content (AvgIpc) is 2.67. The molecule has 0 aromatic heterocycles. The molecule has 0 radical (unpaired) electrons. The summed E-state index contributed by atoms with van der Waals surface area (Å²) >= 11 is 11.9. The van der Waals surface area contributed by atoms with Crippen molar-refractivity contribution in [1.82, 2.24) is 0 Å². The van der Waals surface area contributed by atoms with Crippen LogP contribution in [0.25, 0.3) is 0 Å². The van der Waals surface area contributed by atoms with Crippen molar-refractivity contribution in [2.45, 2.75) is 20.1 Å². The van der Waals surface area contributed by atoms with E-state index < -0.39 is 0 Å². The Morgan fingerprint density at radius 3 is 2.33 bits per heavy atom. The van der Waals surface area contributed by atoms with Crippen molar-refractivity contribution in [2.75, 3.05) is 11.9 Å². The molecule has 0 saturated heterocycles. The molecule has 0 aliphatic rings. The van der Waals surface area contributed by atoms with E-state index in [0.717, 1.165) is 27.6 Å². The maximum Gasteiger partial charge on any atom is 0.161 e. The normalized spacial score (nSPS) is 10.5. The third kappa shape index (κ3) is 5.81. The Morgan fingerprint density at radius 1 is 0.778 bits per heavy atom. The molecule has 5 heteroatoms. The van der Waals surface area contributed by atoms with E-state index in [2.05, 4.69) is 5.32 Å². The lowest BCUT2D eigenvalue weighted by molar-refractivity contribution is 0.269. The van der Waals surface area contributed by atoms with E-state index >= 15 is 0 Å². The standard InChI is InChI=1S/C22H21Cl2NO2/c1-2-26-22-13-16(14-25-20-9-7-18(23)8-10-20)6-11-21(22)27-15-17-4-3-5-19(24)12-17/h3-13,25H,2,14-15H2,1H3. The number of nitrogens with one attached hydrogen (secondary N) is 1. The van der Waals surface area contributed by atoms with Gasteiger partial charge in [-0.1, -0.05) is 41.4 Å². The Morgan fingerprint density at radius 2 is 1.59 bits per heavy atom. The van der Waals surface area contributed by atoms with E-state index in [0.29, 0.717) is 30.5 Å². The first-order chi connectivity index (χ1) is 13.1. The van der Waals surface area contributed by atoms with Crippen LogP contribution in [0.3, 0.4) is 0 Å². The highest BCUT2D eigenvalue weighted by molar-refractivity contribution is 6.30. The lowest BCUT2D eigenvalue weighted by atomic mass is 10.2. The number of anilines is 1. The number of ether oxygens (including phenoxy) is 2. The van der Waals surface area contributed by atoms with Crippen molar-refractivity contribution in [2.24, 2.45) is 0 Å². The molecule has 0 saturated carbocycles. The quantitative estimate of drug-likeness (QED) is 0.462. The number of hydrogen-bond donors (Lipinski definition) is 1. The summed E-state index contributed by atoms with van der Waals surface area (Å²) in [4.78, 5) is 0. The summed E-state index contributed by atoms with van der Waals surface area (Å²) < 4.78 is 11.7. The van der Waals surface area contributed by atoms with Crippen molar-refractivity contribution in [3.8, 4) is 11.5 Å². The van der Waals surface area contributed by atoms with Gasteiger partial charge in [0.1, 0.15) is 6.61 Å². The summed E-state index contributed by atoms with van der Waals surface area (Å²) in [6, 6.07) is 21.2. The summed E-state index contributed by atoms with van der Waals surface area (Å²) in [6.45, 7) is 3.64. The third-order valence-electron chi connectivity index (χ3n) is 3.93. The molecule has 0 amide bonds. The van der Waals surface area contributed by atoms with E-state index in [-0.39, 0.29) is 0 Å². The van der Waals surface area contributed by atoms with Gasteiger partial charge in [-0.15, -0.1) is 0 Å². The summed E-state index contributed by atoms with van der Waals surface area (Å²) in [5, 5.41) is 4.79.